The molecule has 1 fully saturated rings. The van der Waals surface area contributed by atoms with Crippen LogP contribution >= 0.6 is 0 Å². The van der Waals surface area contributed by atoms with Gasteiger partial charge in [0, 0.05) is 31.4 Å². The van der Waals surface area contributed by atoms with E-state index in [0.717, 1.165) is 30.7 Å². The lowest BCUT2D eigenvalue weighted by Crippen LogP contribution is -2.40. The van der Waals surface area contributed by atoms with Crippen LogP contribution in [0.15, 0.2) is 30.5 Å². The maximum absolute atomic E-state index is 12.9. The number of aromatic nitrogens is 2. The first kappa shape index (κ1) is 17.8. The highest BCUT2D eigenvalue weighted by Crippen LogP contribution is 2.41. The molecular formula is C18H18F3N3O3. The van der Waals surface area contributed by atoms with Crippen LogP contribution in [0.25, 0.3) is 0 Å². The zero-order valence-electron chi connectivity index (χ0n) is 14.4. The van der Waals surface area contributed by atoms with E-state index in [1.54, 1.807) is 0 Å². The van der Waals surface area contributed by atoms with E-state index in [0.29, 0.717) is 31.3 Å². The molecule has 6 nitrogen and oxygen atoms in total. The van der Waals surface area contributed by atoms with Gasteiger partial charge in [0.25, 0.3) is 0 Å². The summed E-state index contributed by atoms with van der Waals surface area (Å²) in [5.41, 5.74) is -0.268. The Morgan fingerprint density at radius 1 is 1.07 bits per heavy atom. The highest BCUT2D eigenvalue weighted by atomic mass is 19.4. The van der Waals surface area contributed by atoms with Gasteiger partial charge in [-0.1, -0.05) is 6.07 Å². The monoisotopic (exact) mass is 381 g/mol. The van der Waals surface area contributed by atoms with Gasteiger partial charge < -0.3 is 19.5 Å². The third kappa shape index (κ3) is 3.64. The van der Waals surface area contributed by atoms with Crippen molar-refractivity contribution in [2.75, 3.05) is 31.9 Å². The van der Waals surface area contributed by atoms with E-state index in [9.17, 15) is 13.2 Å². The maximum Gasteiger partial charge on any atom is 0.433 e. The molecule has 0 radical (unpaired) electrons. The molecule has 0 saturated carbocycles. The average molecular weight is 381 g/mol. The molecule has 1 aromatic carbocycles. The van der Waals surface area contributed by atoms with Crippen molar-refractivity contribution in [3.05, 3.63) is 41.7 Å². The summed E-state index contributed by atoms with van der Waals surface area (Å²) in [6.07, 6.45) is -1.96. The lowest BCUT2D eigenvalue weighted by molar-refractivity contribution is -0.141. The van der Waals surface area contributed by atoms with Crippen LogP contribution < -0.4 is 14.8 Å². The van der Waals surface area contributed by atoms with Crippen molar-refractivity contribution in [1.29, 1.82) is 0 Å². The molecule has 27 heavy (non-hydrogen) atoms. The predicted octanol–water partition coefficient (Wildman–Crippen LogP) is 3.38. The summed E-state index contributed by atoms with van der Waals surface area (Å²) in [5.74, 6) is 1.32. The zero-order valence-corrected chi connectivity index (χ0v) is 14.4. The molecular weight excluding hydrogens is 363 g/mol. The zero-order chi connectivity index (χ0) is 18.9. The van der Waals surface area contributed by atoms with Crippen LogP contribution in [0.4, 0.5) is 19.1 Å². The number of ether oxygens (including phenoxy) is 3. The van der Waals surface area contributed by atoms with Gasteiger partial charge in [0.15, 0.2) is 11.5 Å². The fourth-order valence-corrected chi connectivity index (χ4v) is 3.41. The number of rotatable bonds is 4. The number of nitrogens with one attached hydrogen (secondary N) is 1. The lowest BCUT2D eigenvalue weighted by Gasteiger charge is -2.38. The molecule has 1 aromatic heterocycles. The van der Waals surface area contributed by atoms with Crippen LogP contribution in [-0.4, -0.2) is 36.5 Å². The summed E-state index contributed by atoms with van der Waals surface area (Å²) >= 11 is 0. The largest absolute Gasteiger partial charge is 0.454 e. The van der Waals surface area contributed by atoms with Crippen LogP contribution in [0.1, 0.15) is 24.1 Å². The van der Waals surface area contributed by atoms with Gasteiger partial charge in [0.05, 0.1) is 0 Å². The third-order valence-corrected chi connectivity index (χ3v) is 4.97. The van der Waals surface area contributed by atoms with Crippen molar-refractivity contribution in [2.24, 2.45) is 0 Å². The first-order valence-corrected chi connectivity index (χ1v) is 8.58. The van der Waals surface area contributed by atoms with E-state index >= 15 is 0 Å². The summed E-state index contributed by atoms with van der Waals surface area (Å²) in [4.78, 5) is 7.51. The second-order valence-corrected chi connectivity index (χ2v) is 6.58. The number of fused-ring (bicyclic) bond motifs is 1. The summed E-state index contributed by atoms with van der Waals surface area (Å²) in [5, 5.41) is 2.98. The van der Waals surface area contributed by atoms with Crippen molar-refractivity contribution in [3.63, 3.8) is 0 Å². The second kappa shape index (κ2) is 6.88. The quantitative estimate of drug-likeness (QED) is 0.876. The number of halogens is 3. The maximum atomic E-state index is 12.9. The molecule has 3 heterocycles. The van der Waals surface area contributed by atoms with Gasteiger partial charge in [0.2, 0.25) is 12.7 Å². The van der Waals surface area contributed by atoms with E-state index in [4.69, 9.17) is 14.2 Å². The minimum absolute atomic E-state index is 0.0450. The fraction of sp³-hybridized carbons (Fsp3) is 0.444. The Morgan fingerprint density at radius 2 is 1.85 bits per heavy atom. The summed E-state index contributed by atoms with van der Waals surface area (Å²) in [7, 11) is 0. The number of nitrogens with zero attached hydrogens (tertiary/aromatic N) is 2. The second-order valence-electron chi connectivity index (χ2n) is 6.58. The molecule has 4 rings (SSSR count). The Morgan fingerprint density at radius 3 is 2.63 bits per heavy atom. The summed E-state index contributed by atoms with van der Waals surface area (Å²) in [6, 6.07) is 6.61. The lowest BCUT2D eigenvalue weighted by atomic mass is 9.74. The Kier molecular flexibility index (Phi) is 4.55. The van der Waals surface area contributed by atoms with E-state index in [1.807, 2.05) is 18.2 Å². The highest BCUT2D eigenvalue weighted by molar-refractivity contribution is 5.47. The van der Waals surface area contributed by atoms with Crippen LogP contribution in [0.5, 0.6) is 11.5 Å². The normalized spacial score (nSPS) is 18.3. The number of benzene rings is 1. The minimum Gasteiger partial charge on any atom is -0.454 e. The topological polar surface area (TPSA) is 65.5 Å². The van der Waals surface area contributed by atoms with E-state index in [1.165, 1.54) is 0 Å². The molecule has 0 atom stereocenters. The number of anilines is 1. The molecule has 144 valence electrons. The number of hydrogen-bond donors (Lipinski definition) is 1. The predicted molar refractivity (Wildman–Crippen MR) is 89.8 cm³/mol. The number of alkyl halides is 3. The standard InChI is InChI=1S/C18H18F3N3O3/c19-18(20,21)15-3-6-22-16(24-15)23-10-17(4-7-25-8-5-17)12-1-2-13-14(9-12)27-11-26-13/h1-3,6,9H,4-5,7-8,10-11H2,(H,22,23,24). The van der Waals surface area contributed by atoms with Crippen LogP contribution in [0, 0.1) is 0 Å². The van der Waals surface area contributed by atoms with Gasteiger partial charge in [-0.3, -0.25) is 0 Å². The van der Waals surface area contributed by atoms with E-state index in [-0.39, 0.29) is 18.2 Å². The van der Waals surface area contributed by atoms with Gasteiger partial charge in [-0.2, -0.15) is 13.2 Å². The van der Waals surface area contributed by atoms with Crippen molar-refractivity contribution in [2.45, 2.75) is 24.4 Å². The molecule has 0 aliphatic carbocycles. The molecule has 2 aliphatic heterocycles. The first-order valence-electron chi connectivity index (χ1n) is 8.58. The molecule has 1 N–H and O–H groups in total. The molecule has 0 bridgehead atoms. The van der Waals surface area contributed by atoms with Gasteiger partial charge >= 0.3 is 6.18 Å². The average Bonchev–Trinajstić information content (AvgIpc) is 3.15. The Bertz CT molecular complexity index is 823. The SMILES string of the molecule is FC(F)(F)c1ccnc(NCC2(c3ccc4c(c3)OCO4)CCOCC2)n1. The Labute approximate surface area is 153 Å². The molecule has 0 spiro atoms. The van der Waals surface area contributed by atoms with Crippen molar-refractivity contribution in [1.82, 2.24) is 9.97 Å². The first-order chi connectivity index (χ1) is 13.0. The van der Waals surface area contributed by atoms with Gasteiger partial charge in [-0.05, 0) is 36.6 Å². The molecule has 9 heteroatoms. The Balaban J connectivity index is 1.58. The summed E-state index contributed by atoms with van der Waals surface area (Å²) in [6.45, 7) is 1.71. The van der Waals surface area contributed by atoms with Crippen LogP contribution in [-0.2, 0) is 16.3 Å². The third-order valence-electron chi connectivity index (χ3n) is 4.97. The minimum atomic E-state index is -4.51. The highest BCUT2D eigenvalue weighted by Gasteiger charge is 2.36. The van der Waals surface area contributed by atoms with Gasteiger partial charge in [0.1, 0.15) is 5.69 Å². The molecule has 0 unspecified atom stereocenters. The molecule has 2 aliphatic rings. The van der Waals surface area contributed by atoms with Gasteiger partial charge in [-0.25, -0.2) is 9.97 Å². The smallest absolute Gasteiger partial charge is 0.433 e. The number of hydrogen-bond acceptors (Lipinski definition) is 6. The molecule has 2 aromatic rings. The van der Waals surface area contributed by atoms with E-state index in [2.05, 4.69) is 15.3 Å². The van der Waals surface area contributed by atoms with Crippen LogP contribution in [0.3, 0.4) is 0 Å². The van der Waals surface area contributed by atoms with Crippen molar-refractivity contribution < 1.29 is 27.4 Å². The molecule has 1 saturated heterocycles. The Hall–Kier alpha value is -2.55. The summed E-state index contributed by atoms with van der Waals surface area (Å²) < 4.78 is 54.9. The van der Waals surface area contributed by atoms with E-state index < -0.39 is 11.9 Å². The van der Waals surface area contributed by atoms with Crippen molar-refractivity contribution in [3.8, 4) is 11.5 Å². The van der Waals surface area contributed by atoms with Gasteiger partial charge in [-0.15, -0.1) is 0 Å². The van der Waals surface area contributed by atoms with Crippen LogP contribution in [0.2, 0.25) is 0 Å². The van der Waals surface area contributed by atoms with Crippen molar-refractivity contribution >= 4 is 5.95 Å². The molecule has 0 amide bonds. The fourth-order valence-electron chi connectivity index (χ4n) is 3.41.